The summed E-state index contributed by atoms with van der Waals surface area (Å²) >= 11 is 0. The highest BCUT2D eigenvalue weighted by molar-refractivity contribution is 6.09. The van der Waals surface area contributed by atoms with E-state index in [0.29, 0.717) is 6.54 Å². The van der Waals surface area contributed by atoms with Crippen LogP contribution in [0.25, 0.3) is 0 Å². The standard InChI is InChI=1S/C21H25N3O4/c1-12-11-23(21(26)19-6-5-9-27-19)18-10-16(20-13(2)22-28-14(20)3)7-8-17(18)24(12)15(4)25/h5-10,12-14,20,22H,11H2,1-4H3/t12-,13?,14?,20?/m0/s1. The number of carbonyl (C=O) groups excluding carboxylic acids is 2. The van der Waals surface area contributed by atoms with Crippen LogP contribution in [0.3, 0.4) is 0 Å². The molecule has 0 radical (unpaired) electrons. The Hall–Kier alpha value is -2.64. The fraction of sp³-hybridized carbons (Fsp3) is 0.429. The molecule has 3 unspecified atom stereocenters. The molecule has 0 aliphatic carbocycles. The van der Waals surface area contributed by atoms with Crippen molar-refractivity contribution in [2.24, 2.45) is 0 Å². The summed E-state index contributed by atoms with van der Waals surface area (Å²) < 4.78 is 5.34. The number of rotatable bonds is 2. The van der Waals surface area contributed by atoms with Gasteiger partial charge in [0.1, 0.15) is 0 Å². The molecule has 0 bridgehead atoms. The fourth-order valence-corrected chi connectivity index (χ4v) is 4.38. The number of nitrogens with zero attached hydrogens (tertiary/aromatic N) is 2. The molecule has 2 amide bonds. The number of hydroxylamine groups is 1. The zero-order valence-corrected chi connectivity index (χ0v) is 16.5. The molecule has 1 fully saturated rings. The molecule has 1 saturated heterocycles. The predicted molar refractivity (Wildman–Crippen MR) is 105 cm³/mol. The van der Waals surface area contributed by atoms with Gasteiger partial charge in [0.2, 0.25) is 5.91 Å². The van der Waals surface area contributed by atoms with E-state index in [1.54, 1.807) is 28.9 Å². The molecule has 1 N–H and O–H groups in total. The summed E-state index contributed by atoms with van der Waals surface area (Å²) in [5, 5.41) is 0. The number of carbonyl (C=O) groups is 2. The third kappa shape index (κ3) is 3.00. The highest BCUT2D eigenvalue weighted by atomic mass is 16.7. The van der Waals surface area contributed by atoms with Gasteiger partial charge in [-0.25, -0.2) is 0 Å². The molecule has 2 aromatic rings. The van der Waals surface area contributed by atoms with Crippen molar-refractivity contribution in [1.82, 2.24) is 5.48 Å². The number of hydrogen-bond donors (Lipinski definition) is 1. The zero-order chi connectivity index (χ0) is 20.0. The van der Waals surface area contributed by atoms with Crippen molar-refractivity contribution < 1.29 is 18.8 Å². The van der Waals surface area contributed by atoms with Crippen molar-refractivity contribution in [3.8, 4) is 0 Å². The SMILES string of the molecule is CC(=O)N1c2ccc(C3C(C)NOC3C)cc2N(C(=O)c2ccco2)C[C@@H]1C. The van der Waals surface area contributed by atoms with Crippen LogP contribution in [0, 0.1) is 0 Å². The van der Waals surface area contributed by atoms with Crippen molar-refractivity contribution >= 4 is 23.2 Å². The van der Waals surface area contributed by atoms with Crippen molar-refractivity contribution in [2.45, 2.75) is 51.8 Å². The van der Waals surface area contributed by atoms with Gasteiger partial charge in [-0.2, -0.15) is 5.48 Å². The van der Waals surface area contributed by atoms with E-state index < -0.39 is 0 Å². The zero-order valence-electron chi connectivity index (χ0n) is 16.5. The van der Waals surface area contributed by atoms with Gasteiger partial charge in [0.25, 0.3) is 5.91 Å². The number of benzene rings is 1. The Labute approximate surface area is 164 Å². The Kier molecular flexibility index (Phi) is 4.72. The maximum absolute atomic E-state index is 13.1. The lowest BCUT2D eigenvalue weighted by Crippen LogP contribution is -2.51. The van der Waals surface area contributed by atoms with Gasteiger partial charge in [-0.15, -0.1) is 0 Å². The maximum atomic E-state index is 13.1. The summed E-state index contributed by atoms with van der Waals surface area (Å²) in [6, 6.07) is 9.33. The normalized spacial score (nSPS) is 27.0. The average Bonchev–Trinajstić information content (AvgIpc) is 3.30. The van der Waals surface area contributed by atoms with E-state index in [1.165, 1.54) is 6.26 Å². The Morgan fingerprint density at radius 2 is 1.93 bits per heavy atom. The van der Waals surface area contributed by atoms with Gasteiger partial charge in [0, 0.05) is 25.4 Å². The average molecular weight is 383 g/mol. The second-order valence-corrected chi connectivity index (χ2v) is 7.63. The quantitative estimate of drug-likeness (QED) is 0.863. The van der Waals surface area contributed by atoms with E-state index in [-0.39, 0.29) is 41.7 Å². The summed E-state index contributed by atoms with van der Waals surface area (Å²) in [5.41, 5.74) is 5.56. The number of nitrogens with one attached hydrogen (secondary N) is 1. The van der Waals surface area contributed by atoms with E-state index in [0.717, 1.165) is 16.9 Å². The molecule has 3 heterocycles. The van der Waals surface area contributed by atoms with E-state index in [1.807, 2.05) is 32.0 Å². The van der Waals surface area contributed by atoms with Crippen LogP contribution in [-0.4, -0.2) is 36.5 Å². The highest BCUT2D eigenvalue weighted by Gasteiger charge is 2.37. The lowest BCUT2D eigenvalue weighted by molar-refractivity contribution is -0.117. The number of anilines is 2. The Balaban J connectivity index is 1.81. The lowest BCUT2D eigenvalue weighted by Gasteiger charge is -2.41. The first-order valence-electron chi connectivity index (χ1n) is 9.58. The first kappa shape index (κ1) is 18.7. The second-order valence-electron chi connectivity index (χ2n) is 7.63. The number of furan rings is 1. The van der Waals surface area contributed by atoms with Crippen LogP contribution < -0.4 is 15.3 Å². The Bertz CT molecular complexity index is 885. The lowest BCUT2D eigenvalue weighted by atomic mass is 9.88. The fourth-order valence-electron chi connectivity index (χ4n) is 4.38. The van der Waals surface area contributed by atoms with Crippen LogP contribution in [0.4, 0.5) is 11.4 Å². The van der Waals surface area contributed by atoms with Gasteiger partial charge in [-0.05, 0) is 50.6 Å². The summed E-state index contributed by atoms with van der Waals surface area (Å²) in [4.78, 5) is 34.4. The maximum Gasteiger partial charge on any atom is 0.294 e. The Morgan fingerprint density at radius 1 is 1.14 bits per heavy atom. The molecule has 148 valence electrons. The molecule has 2 aliphatic heterocycles. The number of hydrogen-bond acceptors (Lipinski definition) is 5. The van der Waals surface area contributed by atoms with E-state index >= 15 is 0 Å². The van der Waals surface area contributed by atoms with Crippen LogP contribution in [0.5, 0.6) is 0 Å². The molecule has 7 nitrogen and oxygen atoms in total. The van der Waals surface area contributed by atoms with E-state index in [2.05, 4.69) is 12.4 Å². The van der Waals surface area contributed by atoms with Gasteiger partial charge < -0.3 is 14.2 Å². The minimum Gasteiger partial charge on any atom is -0.459 e. The molecule has 7 heteroatoms. The highest BCUT2D eigenvalue weighted by Crippen LogP contribution is 2.40. The third-order valence-electron chi connectivity index (χ3n) is 5.62. The van der Waals surface area contributed by atoms with Gasteiger partial charge in [-0.3, -0.25) is 14.4 Å². The van der Waals surface area contributed by atoms with Gasteiger partial charge in [0.05, 0.1) is 29.8 Å². The van der Waals surface area contributed by atoms with Crippen LogP contribution >= 0.6 is 0 Å². The molecule has 0 spiro atoms. The third-order valence-corrected chi connectivity index (χ3v) is 5.62. The van der Waals surface area contributed by atoms with Crippen LogP contribution in [0.1, 0.15) is 49.7 Å². The molecule has 28 heavy (non-hydrogen) atoms. The molecular formula is C21H25N3O4. The number of amides is 2. The first-order chi connectivity index (χ1) is 13.4. The number of fused-ring (bicyclic) bond motifs is 1. The second kappa shape index (κ2) is 7.07. The van der Waals surface area contributed by atoms with Crippen LogP contribution in [0.2, 0.25) is 0 Å². The minimum atomic E-state index is -0.208. The summed E-state index contributed by atoms with van der Waals surface area (Å²) in [6.07, 6.45) is 1.50. The molecular weight excluding hydrogens is 358 g/mol. The molecule has 1 aromatic carbocycles. The van der Waals surface area contributed by atoms with E-state index in [4.69, 9.17) is 9.25 Å². The van der Waals surface area contributed by atoms with E-state index in [9.17, 15) is 9.59 Å². The molecule has 4 rings (SSSR count). The first-order valence-corrected chi connectivity index (χ1v) is 9.58. The molecule has 0 saturated carbocycles. The monoisotopic (exact) mass is 383 g/mol. The van der Waals surface area contributed by atoms with Crippen molar-refractivity contribution in [1.29, 1.82) is 0 Å². The van der Waals surface area contributed by atoms with Crippen LogP contribution in [-0.2, 0) is 9.63 Å². The molecule has 1 aromatic heterocycles. The topological polar surface area (TPSA) is 75.0 Å². The summed E-state index contributed by atoms with van der Waals surface area (Å²) in [6.45, 7) is 8.00. The van der Waals surface area contributed by atoms with Gasteiger partial charge in [0.15, 0.2) is 5.76 Å². The summed E-state index contributed by atoms with van der Waals surface area (Å²) in [5.74, 6) is 0.183. The van der Waals surface area contributed by atoms with Crippen LogP contribution in [0.15, 0.2) is 41.0 Å². The van der Waals surface area contributed by atoms with Gasteiger partial charge in [-0.1, -0.05) is 6.07 Å². The smallest absolute Gasteiger partial charge is 0.294 e. The molecule has 2 aliphatic rings. The predicted octanol–water partition coefficient (Wildman–Crippen LogP) is 3.08. The summed E-state index contributed by atoms with van der Waals surface area (Å²) in [7, 11) is 0. The largest absolute Gasteiger partial charge is 0.459 e. The minimum absolute atomic E-state index is 0.00806. The van der Waals surface area contributed by atoms with Crippen molar-refractivity contribution in [3.63, 3.8) is 0 Å². The van der Waals surface area contributed by atoms with Crippen molar-refractivity contribution in [2.75, 3.05) is 16.3 Å². The molecule has 4 atom stereocenters. The van der Waals surface area contributed by atoms with Gasteiger partial charge >= 0.3 is 0 Å². The van der Waals surface area contributed by atoms with Crippen molar-refractivity contribution in [3.05, 3.63) is 47.9 Å². The Morgan fingerprint density at radius 3 is 2.54 bits per heavy atom.